The number of hydrogen-bond acceptors (Lipinski definition) is 7. The molecule has 2 rings (SSSR count). The van der Waals surface area contributed by atoms with E-state index in [-0.39, 0.29) is 30.7 Å². The third-order valence-corrected chi connectivity index (χ3v) is 8.09. The lowest BCUT2D eigenvalue weighted by Gasteiger charge is -2.26. The molecule has 1 fully saturated rings. The standard InChI is InChI=1S/C29H42N6O3S/c1-7-13-31-26(36)16-22(18-30)29-35(14-8-2)28(38)25(39-29)19-32-23-10-9-11-24(17-23)34(6)27(37)20-33(5)15-12-21(3)4/h1,9-11,17,21-22,25,29,32H,8,12-16,19-20H2,2-6H3,(H,31,36). The summed E-state index contributed by atoms with van der Waals surface area (Å²) in [7, 11) is 3.72. The highest BCUT2D eigenvalue weighted by Crippen LogP contribution is 2.37. The molecule has 10 heteroatoms. The van der Waals surface area contributed by atoms with Crippen LogP contribution >= 0.6 is 11.8 Å². The number of carbonyl (C=O) groups is 3. The van der Waals surface area contributed by atoms with Crippen LogP contribution in [0, 0.1) is 35.5 Å². The van der Waals surface area contributed by atoms with E-state index in [1.54, 1.807) is 16.8 Å². The smallest absolute Gasteiger partial charge is 0.240 e. The Morgan fingerprint density at radius 3 is 2.67 bits per heavy atom. The van der Waals surface area contributed by atoms with E-state index in [2.05, 4.69) is 36.5 Å². The van der Waals surface area contributed by atoms with Crippen LogP contribution in [0.4, 0.5) is 11.4 Å². The Morgan fingerprint density at radius 1 is 1.28 bits per heavy atom. The first-order valence-corrected chi connectivity index (χ1v) is 14.4. The van der Waals surface area contributed by atoms with Gasteiger partial charge in [-0.2, -0.15) is 5.26 Å². The molecule has 0 aliphatic carbocycles. The Morgan fingerprint density at radius 2 is 2.03 bits per heavy atom. The maximum atomic E-state index is 13.2. The topological polar surface area (TPSA) is 109 Å². The van der Waals surface area contributed by atoms with Crippen molar-refractivity contribution >= 4 is 40.9 Å². The van der Waals surface area contributed by atoms with Gasteiger partial charge in [0.15, 0.2) is 0 Å². The first-order chi connectivity index (χ1) is 18.6. The predicted octanol–water partition coefficient (Wildman–Crippen LogP) is 3.00. The summed E-state index contributed by atoms with van der Waals surface area (Å²) in [5, 5.41) is 14.9. The van der Waals surface area contributed by atoms with Crippen molar-refractivity contribution in [2.75, 3.05) is 57.0 Å². The first-order valence-electron chi connectivity index (χ1n) is 13.5. The Kier molecular flexibility index (Phi) is 13.1. The summed E-state index contributed by atoms with van der Waals surface area (Å²) in [4.78, 5) is 43.7. The van der Waals surface area contributed by atoms with Crippen LogP contribution in [0.25, 0.3) is 0 Å². The van der Waals surface area contributed by atoms with Gasteiger partial charge in [0.1, 0.15) is 5.25 Å². The molecule has 212 valence electrons. The highest BCUT2D eigenvalue weighted by molar-refractivity contribution is 8.01. The zero-order valence-corrected chi connectivity index (χ0v) is 24.6. The molecular formula is C29H42N6O3S. The molecule has 39 heavy (non-hydrogen) atoms. The fourth-order valence-corrected chi connectivity index (χ4v) is 5.71. The Labute approximate surface area is 237 Å². The van der Waals surface area contributed by atoms with Crippen molar-refractivity contribution in [1.29, 1.82) is 5.26 Å². The second-order valence-corrected chi connectivity index (χ2v) is 11.6. The minimum absolute atomic E-state index is 0.00630. The maximum Gasteiger partial charge on any atom is 0.240 e. The number of hydrogen-bond donors (Lipinski definition) is 2. The Hall–Kier alpha value is -3.21. The van der Waals surface area contributed by atoms with Crippen molar-refractivity contribution in [1.82, 2.24) is 15.1 Å². The van der Waals surface area contributed by atoms with E-state index < -0.39 is 16.5 Å². The number of likely N-dealkylation sites (N-methyl/N-ethyl adjacent to an activating group) is 2. The molecule has 1 aromatic rings. The van der Waals surface area contributed by atoms with Crippen LogP contribution in [0.3, 0.4) is 0 Å². The highest BCUT2D eigenvalue weighted by atomic mass is 32.2. The van der Waals surface area contributed by atoms with E-state index in [0.717, 1.165) is 30.8 Å². The van der Waals surface area contributed by atoms with Crippen LogP contribution in [0.1, 0.15) is 40.0 Å². The number of nitrogens with one attached hydrogen (secondary N) is 2. The van der Waals surface area contributed by atoms with E-state index in [4.69, 9.17) is 6.42 Å². The molecule has 3 amide bonds. The molecule has 1 heterocycles. The van der Waals surface area contributed by atoms with Gasteiger partial charge in [-0.05, 0) is 50.6 Å². The number of benzene rings is 1. The summed E-state index contributed by atoms with van der Waals surface area (Å²) in [6.45, 7) is 8.51. The van der Waals surface area contributed by atoms with E-state index in [9.17, 15) is 19.6 Å². The van der Waals surface area contributed by atoms with Gasteiger partial charge in [-0.25, -0.2) is 0 Å². The number of terminal acetylenes is 1. The molecule has 1 aliphatic heterocycles. The van der Waals surface area contributed by atoms with Gasteiger partial charge in [0.25, 0.3) is 0 Å². The van der Waals surface area contributed by atoms with Crippen molar-refractivity contribution in [2.24, 2.45) is 11.8 Å². The second-order valence-electron chi connectivity index (χ2n) is 10.3. The number of rotatable bonds is 15. The quantitative estimate of drug-likeness (QED) is 0.321. The third kappa shape index (κ3) is 9.80. The van der Waals surface area contributed by atoms with E-state index in [0.29, 0.717) is 25.6 Å². The molecule has 0 aromatic heterocycles. The minimum Gasteiger partial charge on any atom is -0.383 e. The van der Waals surface area contributed by atoms with Crippen LogP contribution < -0.4 is 15.5 Å². The molecular weight excluding hydrogens is 512 g/mol. The first kappa shape index (κ1) is 32.0. The zero-order valence-electron chi connectivity index (χ0n) is 23.8. The number of nitriles is 1. The van der Waals surface area contributed by atoms with Crippen molar-refractivity contribution in [3.8, 4) is 18.4 Å². The average molecular weight is 555 g/mol. The van der Waals surface area contributed by atoms with Gasteiger partial charge >= 0.3 is 0 Å². The fraction of sp³-hybridized carbons (Fsp3) is 0.586. The largest absolute Gasteiger partial charge is 0.383 e. The number of amides is 3. The molecule has 9 nitrogen and oxygen atoms in total. The van der Waals surface area contributed by atoms with Gasteiger partial charge in [0.2, 0.25) is 17.7 Å². The average Bonchev–Trinajstić information content (AvgIpc) is 3.22. The van der Waals surface area contributed by atoms with Crippen LogP contribution in [-0.4, -0.2) is 85.0 Å². The summed E-state index contributed by atoms with van der Waals surface area (Å²) in [5.74, 6) is 1.96. The van der Waals surface area contributed by atoms with Crippen molar-refractivity contribution in [3.63, 3.8) is 0 Å². The molecule has 1 saturated heterocycles. The van der Waals surface area contributed by atoms with Crippen molar-refractivity contribution in [3.05, 3.63) is 24.3 Å². The molecule has 0 bridgehead atoms. The molecule has 2 N–H and O–H groups in total. The lowest BCUT2D eigenvalue weighted by Crippen LogP contribution is -2.40. The SMILES string of the molecule is C#CCNC(=O)CC(C#N)C1SC(CNc2cccc(N(C)C(=O)CN(C)CCC(C)C)c2)C(=O)N1CCC. The van der Waals surface area contributed by atoms with Gasteiger partial charge < -0.3 is 20.4 Å². The molecule has 0 spiro atoms. The zero-order chi connectivity index (χ0) is 28.9. The van der Waals surface area contributed by atoms with Gasteiger partial charge in [-0.15, -0.1) is 18.2 Å². The van der Waals surface area contributed by atoms with Gasteiger partial charge in [-0.3, -0.25) is 19.3 Å². The second kappa shape index (κ2) is 16.0. The Balaban J connectivity index is 2.03. The highest BCUT2D eigenvalue weighted by Gasteiger charge is 2.44. The number of anilines is 2. The summed E-state index contributed by atoms with van der Waals surface area (Å²) in [6, 6.07) is 9.77. The summed E-state index contributed by atoms with van der Waals surface area (Å²) in [6.07, 6.45) is 6.98. The number of carbonyl (C=O) groups excluding carboxylic acids is 3. The maximum absolute atomic E-state index is 13.2. The summed E-state index contributed by atoms with van der Waals surface area (Å²) < 4.78 is 0. The monoisotopic (exact) mass is 554 g/mol. The fourth-order valence-electron chi connectivity index (χ4n) is 4.24. The molecule has 3 unspecified atom stereocenters. The van der Waals surface area contributed by atoms with Gasteiger partial charge in [-0.1, -0.05) is 32.8 Å². The minimum atomic E-state index is -0.644. The van der Waals surface area contributed by atoms with E-state index >= 15 is 0 Å². The van der Waals surface area contributed by atoms with Crippen molar-refractivity contribution in [2.45, 2.75) is 50.7 Å². The Bertz CT molecular complexity index is 1070. The van der Waals surface area contributed by atoms with Crippen LogP contribution in [0.5, 0.6) is 0 Å². The van der Waals surface area contributed by atoms with Gasteiger partial charge in [0, 0.05) is 37.9 Å². The number of nitrogens with zero attached hydrogens (tertiary/aromatic N) is 4. The van der Waals surface area contributed by atoms with Crippen LogP contribution in [0.2, 0.25) is 0 Å². The molecule has 1 aliphatic rings. The lowest BCUT2D eigenvalue weighted by molar-refractivity contribution is -0.131. The van der Waals surface area contributed by atoms with Gasteiger partial charge in [0.05, 0.1) is 30.5 Å². The van der Waals surface area contributed by atoms with E-state index in [1.165, 1.54) is 11.8 Å². The summed E-state index contributed by atoms with van der Waals surface area (Å²) >= 11 is 1.41. The molecule has 3 atom stereocenters. The van der Waals surface area contributed by atoms with Crippen LogP contribution in [-0.2, 0) is 14.4 Å². The lowest BCUT2D eigenvalue weighted by atomic mass is 10.1. The normalized spacial score (nSPS) is 17.6. The third-order valence-electron chi connectivity index (χ3n) is 6.53. The molecule has 0 saturated carbocycles. The predicted molar refractivity (Wildman–Crippen MR) is 158 cm³/mol. The summed E-state index contributed by atoms with van der Waals surface area (Å²) in [5.41, 5.74) is 1.56. The van der Waals surface area contributed by atoms with Crippen LogP contribution in [0.15, 0.2) is 24.3 Å². The molecule has 1 aromatic carbocycles. The van der Waals surface area contributed by atoms with E-state index in [1.807, 2.05) is 43.1 Å². The number of thioether (sulfide) groups is 1. The molecule has 0 radical (unpaired) electrons. The van der Waals surface area contributed by atoms with Crippen molar-refractivity contribution < 1.29 is 14.4 Å².